The maximum atomic E-state index is 5.68. The quantitative estimate of drug-likeness (QED) is 0.589. The Morgan fingerprint density at radius 2 is 2.19 bits per heavy atom. The summed E-state index contributed by atoms with van der Waals surface area (Å²) in [6.45, 7) is 7.14. The van der Waals surface area contributed by atoms with Gasteiger partial charge in [0, 0.05) is 5.75 Å². The van der Waals surface area contributed by atoms with E-state index in [0.29, 0.717) is 0 Å². The van der Waals surface area contributed by atoms with Crippen molar-refractivity contribution in [1.29, 1.82) is 0 Å². The Hall–Kier alpha value is -0.480. The van der Waals surface area contributed by atoms with Gasteiger partial charge in [0.2, 0.25) is 0 Å². The van der Waals surface area contributed by atoms with Crippen LogP contribution in [0.5, 0.6) is 0 Å². The molecule has 0 bridgehead atoms. The molecule has 92 valence electrons. The zero-order valence-corrected chi connectivity index (χ0v) is 11.3. The van der Waals surface area contributed by atoms with Gasteiger partial charge in [-0.1, -0.05) is 32.0 Å². The van der Waals surface area contributed by atoms with E-state index in [9.17, 15) is 0 Å². The van der Waals surface area contributed by atoms with Crippen molar-refractivity contribution in [3.8, 4) is 0 Å². The summed E-state index contributed by atoms with van der Waals surface area (Å²) in [5.41, 5.74) is 6.92. The molecule has 0 radical (unpaired) electrons. The highest BCUT2D eigenvalue weighted by molar-refractivity contribution is 7.99. The molecule has 0 amide bonds. The number of nitrogens with zero attached hydrogens (tertiary/aromatic N) is 1. The molecule has 0 saturated heterocycles. The Labute approximate surface area is 102 Å². The van der Waals surface area contributed by atoms with Crippen molar-refractivity contribution in [3.63, 3.8) is 0 Å². The summed E-state index contributed by atoms with van der Waals surface area (Å²) in [4.78, 5) is 4.25. The van der Waals surface area contributed by atoms with Crippen LogP contribution in [0, 0.1) is 12.3 Å². The average molecular weight is 242 g/mol. The number of oxazole rings is 1. The van der Waals surface area contributed by atoms with Gasteiger partial charge in [0.05, 0.1) is 5.69 Å². The first-order chi connectivity index (χ1) is 7.53. The zero-order chi connectivity index (χ0) is 12.0. The molecular formula is C12H22N2OS. The molecule has 0 aliphatic carbocycles. The van der Waals surface area contributed by atoms with Crippen LogP contribution in [0.2, 0.25) is 0 Å². The highest BCUT2D eigenvalue weighted by Gasteiger charge is 2.14. The topological polar surface area (TPSA) is 52.0 Å². The summed E-state index contributed by atoms with van der Waals surface area (Å²) in [5.74, 6) is 1.07. The minimum absolute atomic E-state index is 0.282. The lowest BCUT2D eigenvalue weighted by molar-refractivity contribution is 0.336. The van der Waals surface area contributed by atoms with Crippen LogP contribution in [0.25, 0.3) is 0 Å². The lowest BCUT2D eigenvalue weighted by atomic mass is 9.88. The molecule has 0 aromatic carbocycles. The summed E-state index contributed by atoms with van der Waals surface area (Å²) in [7, 11) is 0. The largest absolute Gasteiger partial charge is 0.440 e. The fraction of sp³-hybridized carbons (Fsp3) is 0.750. The van der Waals surface area contributed by atoms with Crippen LogP contribution in [-0.2, 0) is 0 Å². The molecule has 0 fully saturated rings. The van der Waals surface area contributed by atoms with Crippen LogP contribution in [0.4, 0.5) is 0 Å². The molecule has 1 aromatic rings. The molecule has 0 aliphatic rings. The highest BCUT2D eigenvalue weighted by Crippen LogP contribution is 2.23. The summed E-state index contributed by atoms with van der Waals surface area (Å²) in [6.07, 6.45) is 5.29. The number of aromatic nitrogens is 1. The van der Waals surface area contributed by atoms with Gasteiger partial charge in [0.25, 0.3) is 5.22 Å². The van der Waals surface area contributed by atoms with Crippen LogP contribution in [0.3, 0.4) is 0 Å². The zero-order valence-electron chi connectivity index (χ0n) is 10.5. The van der Waals surface area contributed by atoms with Crippen LogP contribution in [0.15, 0.2) is 15.9 Å². The minimum Gasteiger partial charge on any atom is -0.440 e. The molecule has 0 aliphatic heterocycles. The third kappa shape index (κ3) is 5.03. The standard InChI is InChI=1S/C12H22N2OS/c1-10-8-15-11(14-10)16-7-5-4-6-12(2,3)9-13/h8H,4-7,9,13H2,1-3H3. The van der Waals surface area contributed by atoms with E-state index in [2.05, 4.69) is 18.8 Å². The Kier molecular flexibility index (Phi) is 5.35. The molecule has 0 unspecified atom stereocenters. The summed E-state index contributed by atoms with van der Waals surface area (Å²) < 4.78 is 5.26. The van der Waals surface area contributed by atoms with E-state index in [1.54, 1.807) is 18.0 Å². The lowest BCUT2D eigenvalue weighted by Crippen LogP contribution is -2.23. The van der Waals surface area contributed by atoms with Gasteiger partial charge in [0.15, 0.2) is 0 Å². The van der Waals surface area contributed by atoms with Crippen LogP contribution in [0.1, 0.15) is 38.8 Å². The maximum Gasteiger partial charge on any atom is 0.255 e. The monoisotopic (exact) mass is 242 g/mol. The van der Waals surface area contributed by atoms with Gasteiger partial charge < -0.3 is 10.2 Å². The first-order valence-corrected chi connectivity index (χ1v) is 6.77. The van der Waals surface area contributed by atoms with Gasteiger partial charge in [-0.05, 0) is 31.7 Å². The first kappa shape index (κ1) is 13.6. The molecule has 1 aromatic heterocycles. The van der Waals surface area contributed by atoms with E-state index in [0.717, 1.165) is 23.2 Å². The minimum atomic E-state index is 0.282. The number of aryl methyl sites for hydroxylation is 1. The van der Waals surface area contributed by atoms with Gasteiger partial charge in [-0.3, -0.25) is 0 Å². The smallest absolute Gasteiger partial charge is 0.255 e. The second-order valence-corrected chi connectivity index (χ2v) is 5.97. The van der Waals surface area contributed by atoms with E-state index in [4.69, 9.17) is 10.2 Å². The van der Waals surface area contributed by atoms with Crippen molar-refractivity contribution in [2.24, 2.45) is 11.1 Å². The molecule has 3 nitrogen and oxygen atoms in total. The first-order valence-electron chi connectivity index (χ1n) is 5.78. The Morgan fingerprint density at radius 1 is 1.44 bits per heavy atom. The second-order valence-electron chi connectivity index (χ2n) is 4.93. The lowest BCUT2D eigenvalue weighted by Gasteiger charge is -2.21. The van der Waals surface area contributed by atoms with Gasteiger partial charge >= 0.3 is 0 Å². The normalized spacial score (nSPS) is 12.0. The third-order valence-corrected chi connectivity index (χ3v) is 3.55. The van der Waals surface area contributed by atoms with E-state index in [1.807, 2.05) is 6.92 Å². The molecule has 4 heteroatoms. The van der Waals surface area contributed by atoms with Crippen LogP contribution in [-0.4, -0.2) is 17.3 Å². The van der Waals surface area contributed by atoms with E-state index in [1.165, 1.54) is 19.3 Å². The van der Waals surface area contributed by atoms with Gasteiger partial charge in [-0.15, -0.1) is 0 Å². The number of rotatable bonds is 7. The number of thioether (sulfide) groups is 1. The van der Waals surface area contributed by atoms with Crippen molar-refractivity contribution >= 4 is 11.8 Å². The van der Waals surface area contributed by atoms with Crippen LogP contribution >= 0.6 is 11.8 Å². The highest BCUT2D eigenvalue weighted by atomic mass is 32.2. The van der Waals surface area contributed by atoms with Gasteiger partial charge in [-0.2, -0.15) is 0 Å². The molecular weight excluding hydrogens is 220 g/mol. The molecule has 1 rings (SSSR count). The number of hydrogen-bond acceptors (Lipinski definition) is 4. The predicted molar refractivity (Wildman–Crippen MR) is 68.7 cm³/mol. The molecule has 1 heterocycles. The molecule has 0 saturated carbocycles. The van der Waals surface area contributed by atoms with Crippen LogP contribution < -0.4 is 5.73 Å². The number of unbranched alkanes of at least 4 members (excludes halogenated alkanes) is 1. The average Bonchev–Trinajstić information content (AvgIpc) is 2.64. The van der Waals surface area contributed by atoms with E-state index in [-0.39, 0.29) is 5.41 Å². The van der Waals surface area contributed by atoms with Crippen molar-refractivity contribution in [2.45, 2.75) is 45.3 Å². The van der Waals surface area contributed by atoms with Crippen molar-refractivity contribution in [1.82, 2.24) is 4.98 Å². The summed E-state index contributed by atoms with van der Waals surface area (Å²) in [5, 5.41) is 0.788. The summed E-state index contributed by atoms with van der Waals surface area (Å²) >= 11 is 1.69. The van der Waals surface area contributed by atoms with Crippen molar-refractivity contribution < 1.29 is 4.42 Å². The SMILES string of the molecule is Cc1coc(SCCCCC(C)(C)CN)n1. The Morgan fingerprint density at radius 3 is 2.75 bits per heavy atom. The molecule has 2 N–H and O–H groups in total. The molecule has 0 spiro atoms. The Balaban J connectivity index is 2.08. The molecule has 16 heavy (non-hydrogen) atoms. The predicted octanol–water partition coefficient (Wildman–Crippen LogP) is 3.23. The fourth-order valence-electron chi connectivity index (χ4n) is 1.37. The van der Waals surface area contributed by atoms with Gasteiger partial charge in [0.1, 0.15) is 6.26 Å². The van der Waals surface area contributed by atoms with Gasteiger partial charge in [-0.25, -0.2) is 4.98 Å². The maximum absolute atomic E-state index is 5.68. The second kappa shape index (κ2) is 6.30. The summed E-state index contributed by atoms with van der Waals surface area (Å²) in [6, 6.07) is 0. The number of hydrogen-bond donors (Lipinski definition) is 1. The Bertz CT molecular complexity index is 310. The van der Waals surface area contributed by atoms with E-state index < -0.39 is 0 Å². The number of nitrogens with two attached hydrogens (primary N) is 1. The van der Waals surface area contributed by atoms with Crippen molar-refractivity contribution in [2.75, 3.05) is 12.3 Å². The fourth-order valence-corrected chi connectivity index (χ4v) is 2.21. The molecule has 0 atom stereocenters. The third-order valence-electron chi connectivity index (χ3n) is 2.62. The van der Waals surface area contributed by atoms with E-state index >= 15 is 0 Å². The van der Waals surface area contributed by atoms with Crippen molar-refractivity contribution in [3.05, 3.63) is 12.0 Å².